The van der Waals surface area contributed by atoms with Crippen molar-refractivity contribution in [1.29, 1.82) is 0 Å². The number of nitrogens with one attached hydrogen (secondary N) is 2. The fraction of sp³-hybridized carbons (Fsp3) is 0.100. The molecule has 0 radical (unpaired) electrons. The van der Waals surface area contributed by atoms with Gasteiger partial charge in [-0.05, 0) is 42.8 Å². The minimum atomic E-state index is -0.486. The summed E-state index contributed by atoms with van der Waals surface area (Å²) < 4.78 is 1.83. The molecule has 0 aliphatic heterocycles. The van der Waals surface area contributed by atoms with Crippen molar-refractivity contribution in [1.82, 2.24) is 19.7 Å². The fourth-order valence-electron chi connectivity index (χ4n) is 3.00. The Balaban J connectivity index is 1.62. The highest BCUT2D eigenvalue weighted by molar-refractivity contribution is 5.95. The van der Waals surface area contributed by atoms with Crippen molar-refractivity contribution in [3.63, 3.8) is 0 Å². The number of benzene rings is 2. The van der Waals surface area contributed by atoms with Crippen LogP contribution in [0.4, 0.5) is 23.1 Å². The van der Waals surface area contributed by atoms with Crippen molar-refractivity contribution in [2.75, 3.05) is 10.6 Å². The first-order valence-electron chi connectivity index (χ1n) is 8.69. The van der Waals surface area contributed by atoms with Gasteiger partial charge in [-0.1, -0.05) is 12.1 Å². The van der Waals surface area contributed by atoms with Crippen LogP contribution in [0.5, 0.6) is 0 Å². The second-order valence-corrected chi connectivity index (χ2v) is 6.42. The second kappa shape index (κ2) is 6.99. The van der Waals surface area contributed by atoms with Gasteiger partial charge in [0.05, 0.1) is 17.4 Å². The van der Waals surface area contributed by atoms with E-state index in [2.05, 4.69) is 25.7 Å². The molecule has 0 spiro atoms. The minimum Gasteiger partial charge on any atom is -0.366 e. The molecule has 1 amide bonds. The SMILES string of the molecule is Cc1ccc2c(cnn2C)c1Nc1ccnc(Nc2cccc(C(N)=O)c2)n1. The average molecular weight is 373 g/mol. The average Bonchev–Trinajstić information content (AvgIpc) is 3.06. The Kier molecular flexibility index (Phi) is 4.36. The van der Waals surface area contributed by atoms with Crippen LogP contribution in [-0.2, 0) is 7.05 Å². The Morgan fingerprint density at radius 1 is 1.14 bits per heavy atom. The van der Waals surface area contributed by atoms with Gasteiger partial charge in [-0.3, -0.25) is 9.48 Å². The van der Waals surface area contributed by atoms with Gasteiger partial charge in [0.1, 0.15) is 5.82 Å². The van der Waals surface area contributed by atoms with Gasteiger partial charge >= 0.3 is 0 Å². The summed E-state index contributed by atoms with van der Waals surface area (Å²) in [5.41, 5.74) is 9.49. The number of amides is 1. The van der Waals surface area contributed by atoms with Crippen molar-refractivity contribution >= 4 is 40.0 Å². The predicted molar refractivity (Wildman–Crippen MR) is 109 cm³/mol. The topological polar surface area (TPSA) is 111 Å². The molecule has 28 heavy (non-hydrogen) atoms. The number of nitrogens with two attached hydrogens (primary N) is 1. The lowest BCUT2D eigenvalue weighted by Gasteiger charge is -2.12. The Morgan fingerprint density at radius 2 is 2.00 bits per heavy atom. The van der Waals surface area contributed by atoms with Gasteiger partial charge in [0.2, 0.25) is 11.9 Å². The molecule has 0 unspecified atom stereocenters. The molecule has 0 aliphatic carbocycles. The molecule has 140 valence electrons. The molecule has 8 nitrogen and oxygen atoms in total. The highest BCUT2D eigenvalue weighted by atomic mass is 16.1. The first-order chi connectivity index (χ1) is 13.5. The van der Waals surface area contributed by atoms with Gasteiger partial charge in [-0.15, -0.1) is 0 Å². The number of hydrogen-bond acceptors (Lipinski definition) is 6. The van der Waals surface area contributed by atoms with Gasteiger partial charge < -0.3 is 16.4 Å². The summed E-state index contributed by atoms with van der Waals surface area (Å²) in [5, 5.41) is 11.8. The Hall–Kier alpha value is -3.94. The number of anilines is 4. The van der Waals surface area contributed by atoms with E-state index in [9.17, 15) is 4.79 Å². The van der Waals surface area contributed by atoms with Crippen LogP contribution in [0.25, 0.3) is 10.9 Å². The second-order valence-electron chi connectivity index (χ2n) is 6.42. The van der Waals surface area contributed by atoms with Crippen LogP contribution >= 0.6 is 0 Å². The van der Waals surface area contributed by atoms with Crippen LogP contribution < -0.4 is 16.4 Å². The molecule has 0 aliphatic rings. The van der Waals surface area contributed by atoms with Crippen LogP contribution in [0.15, 0.2) is 54.9 Å². The molecule has 0 saturated carbocycles. The van der Waals surface area contributed by atoms with E-state index in [4.69, 9.17) is 5.73 Å². The summed E-state index contributed by atoms with van der Waals surface area (Å²) in [6.07, 6.45) is 3.49. The summed E-state index contributed by atoms with van der Waals surface area (Å²) in [4.78, 5) is 20.1. The van der Waals surface area contributed by atoms with E-state index < -0.39 is 5.91 Å². The number of carbonyl (C=O) groups is 1. The number of fused-ring (bicyclic) bond motifs is 1. The quantitative estimate of drug-likeness (QED) is 0.495. The van der Waals surface area contributed by atoms with E-state index in [-0.39, 0.29) is 0 Å². The smallest absolute Gasteiger partial charge is 0.248 e. The molecule has 0 bridgehead atoms. The maximum Gasteiger partial charge on any atom is 0.248 e. The van der Waals surface area contributed by atoms with Gasteiger partial charge in [0, 0.05) is 29.9 Å². The van der Waals surface area contributed by atoms with E-state index in [1.807, 2.05) is 43.0 Å². The number of carbonyl (C=O) groups excluding carboxylic acids is 1. The van der Waals surface area contributed by atoms with Crippen LogP contribution in [0.1, 0.15) is 15.9 Å². The van der Waals surface area contributed by atoms with E-state index in [0.29, 0.717) is 23.0 Å². The molecule has 4 rings (SSSR count). The third-order valence-corrected chi connectivity index (χ3v) is 4.45. The Labute approximate surface area is 161 Å². The first kappa shape index (κ1) is 17.5. The molecular weight excluding hydrogens is 354 g/mol. The molecule has 0 atom stereocenters. The van der Waals surface area contributed by atoms with Crippen LogP contribution in [0.3, 0.4) is 0 Å². The number of aromatic nitrogens is 4. The van der Waals surface area contributed by atoms with E-state index >= 15 is 0 Å². The standard InChI is InChI=1S/C20H19N7O/c1-12-6-7-16-15(11-23-27(16)2)18(12)25-17-8-9-22-20(26-17)24-14-5-3-4-13(10-14)19(21)28/h3-11H,1-2H3,(H2,21,28)(H2,22,24,25,26). The maximum absolute atomic E-state index is 11.4. The summed E-state index contributed by atoms with van der Waals surface area (Å²) in [6, 6.07) is 12.8. The fourth-order valence-corrected chi connectivity index (χ4v) is 3.00. The zero-order valence-electron chi connectivity index (χ0n) is 15.5. The number of aryl methyl sites for hydroxylation is 2. The van der Waals surface area contributed by atoms with Crippen molar-refractivity contribution < 1.29 is 4.79 Å². The third kappa shape index (κ3) is 3.35. The third-order valence-electron chi connectivity index (χ3n) is 4.45. The zero-order valence-corrected chi connectivity index (χ0v) is 15.5. The first-order valence-corrected chi connectivity index (χ1v) is 8.69. The monoisotopic (exact) mass is 373 g/mol. The van der Waals surface area contributed by atoms with Crippen LogP contribution in [0, 0.1) is 6.92 Å². The normalized spacial score (nSPS) is 10.8. The van der Waals surface area contributed by atoms with E-state index in [0.717, 1.165) is 22.2 Å². The number of primary amides is 1. The lowest BCUT2D eigenvalue weighted by Crippen LogP contribution is -2.11. The van der Waals surface area contributed by atoms with Gasteiger partial charge in [0.15, 0.2) is 0 Å². The molecule has 8 heteroatoms. The summed E-state index contributed by atoms with van der Waals surface area (Å²) in [5.74, 6) is 0.561. The van der Waals surface area contributed by atoms with Gasteiger partial charge in [-0.2, -0.15) is 10.1 Å². The molecule has 0 fully saturated rings. The number of hydrogen-bond donors (Lipinski definition) is 3. The molecule has 2 heterocycles. The predicted octanol–water partition coefficient (Wildman–Crippen LogP) is 3.26. The van der Waals surface area contributed by atoms with Crippen LogP contribution in [-0.4, -0.2) is 25.7 Å². The molecule has 2 aromatic carbocycles. The molecule has 0 saturated heterocycles. The molecule has 4 N–H and O–H groups in total. The van der Waals surface area contributed by atoms with Crippen molar-refractivity contribution in [2.24, 2.45) is 12.8 Å². The molecular formula is C20H19N7O. The summed E-state index contributed by atoms with van der Waals surface area (Å²) in [6.45, 7) is 2.03. The lowest BCUT2D eigenvalue weighted by atomic mass is 10.1. The van der Waals surface area contributed by atoms with E-state index in [1.165, 1.54) is 0 Å². The van der Waals surface area contributed by atoms with Gasteiger partial charge in [-0.25, -0.2) is 4.98 Å². The van der Waals surface area contributed by atoms with E-state index in [1.54, 1.807) is 30.5 Å². The minimum absolute atomic E-state index is 0.405. The molecule has 4 aromatic rings. The van der Waals surface area contributed by atoms with Gasteiger partial charge in [0.25, 0.3) is 0 Å². The summed E-state index contributed by atoms with van der Waals surface area (Å²) in [7, 11) is 1.91. The summed E-state index contributed by atoms with van der Waals surface area (Å²) >= 11 is 0. The Morgan fingerprint density at radius 3 is 2.82 bits per heavy atom. The lowest BCUT2D eigenvalue weighted by molar-refractivity contribution is 0.100. The van der Waals surface area contributed by atoms with Crippen molar-refractivity contribution in [2.45, 2.75) is 6.92 Å². The van der Waals surface area contributed by atoms with Crippen molar-refractivity contribution in [3.8, 4) is 0 Å². The van der Waals surface area contributed by atoms with Crippen molar-refractivity contribution in [3.05, 3.63) is 66.0 Å². The number of rotatable bonds is 5. The largest absolute Gasteiger partial charge is 0.366 e. The highest BCUT2D eigenvalue weighted by Gasteiger charge is 2.10. The zero-order chi connectivity index (χ0) is 19.7. The Bertz CT molecular complexity index is 1180. The molecule has 2 aromatic heterocycles. The van der Waals surface area contributed by atoms with Crippen LogP contribution in [0.2, 0.25) is 0 Å². The highest BCUT2D eigenvalue weighted by Crippen LogP contribution is 2.29. The number of nitrogens with zero attached hydrogens (tertiary/aromatic N) is 4. The maximum atomic E-state index is 11.4.